The van der Waals surface area contributed by atoms with Gasteiger partial charge in [0.2, 0.25) is 5.91 Å². The van der Waals surface area contributed by atoms with Crippen LogP contribution in [0.4, 0.5) is 4.79 Å². The van der Waals surface area contributed by atoms with Crippen molar-refractivity contribution in [2.45, 2.75) is 104 Å². The van der Waals surface area contributed by atoms with Crippen molar-refractivity contribution in [2.24, 2.45) is 0 Å². The number of rotatable bonds is 16. The van der Waals surface area contributed by atoms with Crippen molar-refractivity contribution in [3.8, 4) is 0 Å². The zero-order valence-corrected chi connectivity index (χ0v) is 29.4. The molecular weight excluding hydrogens is 662 g/mol. The maximum atomic E-state index is 12.9. The summed E-state index contributed by atoms with van der Waals surface area (Å²) >= 11 is 0. The van der Waals surface area contributed by atoms with Crippen LogP contribution in [0.5, 0.6) is 0 Å². The van der Waals surface area contributed by atoms with Crippen molar-refractivity contribution in [3.05, 3.63) is 35.9 Å². The Labute approximate surface area is 290 Å². The maximum Gasteiger partial charge on any atom is 0.422 e. The standard InChI is InChI=1S/C33H47N3O14/c1-20(37)44-19-26-30(47-22(3)39)31(48-23(4)40)29(46-21(2)38)25(49-26)14-16-36(35-32(43)45-18-24-11-9-8-10-12-24)17-27(41)34-15-13-28(42)50-33(5,6)7/h8-12,25-26,29-31H,13-19H2,1-7H3,(H,34,41)(H,35,43)/t25-,26-,29+,30+,31-/m1/s1. The predicted octanol–water partition coefficient (Wildman–Crippen LogP) is 1.49. The molecule has 1 aromatic rings. The third-order valence-electron chi connectivity index (χ3n) is 6.64. The average molecular weight is 710 g/mol. The molecule has 17 nitrogen and oxygen atoms in total. The molecule has 1 fully saturated rings. The van der Waals surface area contributed by atoms with Crippen LogP contribution < -0.4 is 10.7 Å². The monoisotopic (exact) mass is 709 g/mol. The molecule has 2 amide bonds. The van der Waals surface area contributed by atoms with Crippen molar-refractivity contribution in [2.75, 3.05) is 26.2 Å². The Morgan fingerprint density at radius 1 is 0.780 bits per heavy atom. The Balaban J connectivity index is 2.29. The number of carbonyl (C=O) groups excluding carboxylic acids is 7. The number of amides is 2. The zero-order valence-electron chi connectivity index (χ0n) is 29.4. The van der Waals surface area contributed by atoms with Gasteiger partial charge in [-0.25, -0.2) is 9.80 Å². The van der Waals surface area contributed by atoms with E-state index in [1.807, 2.05) is 0 Å². The first kappa shape index (κ1) is 41.4. The van der Waals surface area contributed by atoms with E-state index < -0.39 is 91.1 Å². The topological polar surface area (TPSA) is 211 Å². The number of carbonyl (C=O) groups is 7. The Morgan fingerprint density at radius 2 is 1.36 bits per heavy atom. The predicted molar refractivity (Wildman–Crippen MR) is 171 cm³/mol. The summed E-state index contributed by atoms with van der Waals surface area (Å²) in [5.41, 5.74) is 2.52. The molecule has 0 saturated carbocycles. The fourth-order valence-corrected chi connectivity index (χ4v) is 4.82. The van der Waals surface area contributed by atoms with E-state index in [1.165, 1.54) is 5.01 Å². The molecule has 0 unspecified atom stereocenters. The molecule has 1 aliphatic heterocycles. The molecule has 0 spiro atoms. The normalized spacial score (nSPS) is 20.1. The van der Waals surface area contributed by atoms with Gasteiger partial charge in [0.15, 0.2) is 18.3 Å². The summed E-state index contributed by atoms with van der Waals surface area (Å²) in [5.74, 6) is -4.08. The van der Waals surface area contributed by atoms with Gasteiger partial charge in [0, 0.05) is 40.8 Å². The van der Waals surface area contributed by atoms with Gasteiger partial charge in [-0.3, -0.25) is 34.2 Å². The number of nitrogens with zero attached hydrogens (tertiary/aromatic N) is 1. The first-order valence-corrected chi connectivity index (χ1v) is 15.9. The summed E-state index contributed by atoms with van der Waals surface area (Å²) in [5, 5.41) is 3.80. The van der Waals surface area contributed by atoms with Gasteiger partial charge < -0.3 is 38.5 Å². The molecule has 1 aromatic carbocycles. The number of hydrogen-bond acceptors (Lipinski definition) is 15. The fraction of sp³-hybridized carbons (Fsp3) is 0.606. The molecule has 1 saturated heterocycles. The molecule has 0 aromatic heterocycles. The van der Waals surface area contributed by atoms with Crippen LogP contribution in [-0.2, 0) is 68.5 Å². The lowest BCUT2D eigenvalue weighted by molar-refractivity contribution is -0.253. The van der Waals surface area contributed by atoms with Crippen molar-refractivity contribution in [3.63, 3.8) is 0 Å². The van der Waals surface area contributed by atoms with Gasteiger partial charge in [-0.1, -0.05) is 30.3 Å². The Kier molecular flexibility index (Phi) is 16.6. The second-order valence-electron chi connectivity index (χ2n) is 12.3. The van der Waals surface area contributed by atoms with Crippen LogP contribution in [0.2, 0.25) is 0 Å². The van der Waals surface area contributed by atoms with Gasteiger partial charge in [0.25, 0.3) is 0 Å². The van der Waals surface area contributed by atoms with E-state index in [2.05, 4.69) is 10.7 Å². The smallest absolute Gasteiger partial charge is 0.422 e. The first-order chi connectivity index (χ1) is 23.4. The third kappa shape index (κ3) is 16.1. The van der Waals surface area contributed by atoms with Crippen LogP contribution >= 0.6 is 0 Å². The van der Waals surface area contributed by atoms with E-state index in [1.54, 1.807) is 51.1 Å². The SMILES string of the molecule is CC(=O)OC[C@H]1O[C@H](CCN(CC(=O)NCCC(=O)OC(C)(C)C)NC(=O)OCc2ccccc2)[C@H](OC(C)=O)[C@@H](OC(C)=O)[C@H]1OC(C)=O. The fourth-order valence-electron chi connectivity index (χ4n) is 4.82. The van der Waals surface area contributed by atoms with Crippen LogP contribution in [-0.4, -0.2) is 109 Å². The molecule has 17 heteroatoms. The lowest BCUT2D eigenvalue weighted by Crippen LogP contribution is -2.63. The van der Waals surface area contributed by atoms with Gasteiger partial charge in [-0.15, -0.1) is 0 Å². The molecular formula is C33H47N3O14. The van der Waals surface area contributed by atoms with Crippen LogP contribution in [0.25, 0.3) is 0 Å². The molecule has 0 aliphatic carbocycles. The van der Waals surface area contributed by atoms with Gasteiger partial charge in [0.1, 0.15) is 31.0 Å². The molecule has 0 bridgehead atoms. The zero-order chi connectivity index (χ0) is 37.4. The van der Waals surface area contributed by atoms with E-state index in [0.717, 1.165) is 27.7 Å². The highest BCUT2D eigenvalue weighted by atomic mass is 16.7. The van der Waals surface area contributed by atoms with E-state index >= 15 is 0 Å². The number of ether oxygens (including phenoxy) is 7. The highest BCUT2D eigenvalue weighted by Crippen LogP contribution is 2.31. The molecule has 2 N–H and O–H groups in total. The lowest BCUT2D eigenvalue weighted by Gasteiger charge is -2.44. The number of nitrogens with one attached hydrogen (secondary N) is 2. The van der Waals surface area contributed by atoms with Crippen molar-refractivity contribution >= 4 is 41.8 Å². The molecule has 1 aliphatic rings. The minimum absolute atomic E-state index is 0.0419. The van der Waals surface area contributed by atoms with Crippen LogP contribution in [0, 0.1) is 0 Å². The molecule has 1 heterocycles. The second kappa shape index (κ2) is 20.0. The average Bonchev–Trinajstić information content (AvgIpc) is 2.99. The first-order valence-electron chi connectivity index (χ1n) is 15.9. The van der Waals surface area contributed by atoms with Crippen molar-refractivity contribution < 1.29 is 66.7 Å². The minimum Gasteiger partial charge on any atom is -0.463 e. The van der Waals surface area contributed by atoms with E-state index in [-0.39, 0.29) is 32.5 Å². The van der Waals surface area contributed by atoms with Crippen LogP contribution in [0.15, 0.2) is 30.3 Å². The molecule has 50 heavy (non-hydrogen) atoms. The summed E-state index contributed by atoms with van der Waals surface area (Å²) in [4.78, 5) is 85.8. The van der Waals surface area contributed by atoms with Crippen molar-refractivity contribution in [1.29, 1.82) is 0 Å². The Morgan fingerprint density at radius 3 is 1.92 bits per heavy atom. The maximum absolute atomic E-state index is 12.9. The number of esters is 5. The third-order valence-corrected chi connectivity index (χ3v) is 6.64. The van der Waals surface area contributed by atoms with E-state index in [0.29, 0.717) is 5.56 Å². The highest BCUT2D eigenvalue weighted by molar-refractivity contribution is 5.79. The Hall–Kier alpha value is -4.77. The molecule has 278 valence electrons. The summed E-state index contributed by atoms with van der Waals surface area (Å²) < 4.78 is 38.2. The summed E-state index contributed by atoms with van der Waals surface area (Å²) in [6.45, 7) is 8.57. The highest BCUT2D eigenvalue weighted by Gasteiger charge is 2.52. The van der Waals surface area contributed by atoms with E-state index in [9.17, 15) is 33.6 Å². The van der Waals surface area contributed by atoms with Gasteiger partial charge in [0.05, 0.1) is 13.0 Å². The van der Waals surface area contributed by atoms with Crippen LogP contribution in [0.3, 0.4) is 0 Å². The molecule has 5 atom stereocenters. The quantitative estimate of drug-likeness (QED) is 0.141. The van der Waals surface area contributed by atoms with Crippen molar-refractivity contribution in [1.82, 2.24) is 15.8 Å². The number of hydrazine groups is 1. The largest absolute Gasteiger partial charge is 0.463 e. The van der Waals surface area contributed by atoms with Crippen LogP contribution in [0.1, 0.15) is 66.9 Å². The van der Waals surface area contributed by atoms with Gasteiger partial charge >= 0.3 is 35.9 Å². The summed E-state index contributed by atoms with van der Waals surface area (Å²) in [7, 11) is 0. The number of hydrogen-bond donors (Lipinski definition) is 2. The van der Waals surface area contributed by atoms with E-state index in [4.69, 9.17) is 33.2 Å². The number of benzene rings is 1. The Bertz CT molecular complexity index is 1330. The van der Waals surface area contributed by atoms with Gasteiger partial charge in [-0.05, 0) is 32.8 Å². The van der Waals surface area contributed by atoms with Gasteiger partial charge in [-0.2, -0.15) is 0 Å². The summed E-state index contributed by atoms with van der Waals surface area (Å²) in [6.07, 6.45) is -7.39. The summed E-state index contributed by atoms with van der Waals surface area (Å²) in [6, 6.07) is 8.87. The lowest BCUT2D eigenvalue weighted by atomic mass is 9.92. The second-order valence-corrected chi connectivity index (χ2v) is 12.3. The molecule has 2 rings (SSSR count). The molecule has 0 radical (unpaired) electrons. The minimum atomic E-state index is -1.38.